The summed E-state index contributed by atoms with van der Waals surface area (Å²) in [6.07, 6.45) is 11.4. The van der Waals surface area contributed by atoms with Crippen molar-refractivity contribution in [3.8, 4) is 0 Å². The summed E-state index contributed by atoms with van der Waals surface area (Å²) in [5, 5.41) is 3.57. The van der Waals surface area contributed by atoms with Crippen LogP contribution in [0.5, 0.6) is 0 Å². The van der Waals surface area contributed by atoms with Crippen LogP contribution in [0.1, 0.15) is 58.3 Å². The fourth-order valence-electron chi connectivity index (χ4n) is 3.63. The van der Waals surface area contributed by atoms with Gasteiger partial charge in [0, 0.05) is 18.1 Å². The van der Waals surface area contributed by atoms with Crippen molar-refractivity contribution in [2.24, 2.45) is 0 Å². The SMILES string of the molecule is CNC1CCCCCC1N1CCCCC1C. The molecule has 1 saturated heterocycles. The summed E-state index contributed by atoms with van der Waals surface area (Å²) >= 11 is 0. The van der Waals surface area contributed by atoms with Crippen LogP contribution < -0.4 is 5.32 Å². The second-order valence-electron chi connectivity index (χ2n) is 5.68. The van der Waals surface area contributed by atoms with Gasteiger partial charge in [-0.05, 0) is 46.2 Å². The molecule has 2 nitrogen and oxygen atoms in total. The minimum Gasteiger partial charge on any atom is -0.315 e. The van der Waals surface area contributed by atoms with Crippen molar-refractivity contribution in [1.29, 1.82) is 0 Å². The van der Waals surface area contributed by atoms with Gasteiger partial charge in [-0.25, -0.2) is 0 Å². The van der Waals surface area contributed by atoms with E-state index in [4.69, 9.17) is 0 Å². The van der Waals surface area contributed by atoms with Gasteiger partial charge in [-0.2, -0.15) is 0 Å². The lowest BCUT2D eigenvalue weighted by Crippen LogP contribution is -2.53. The minimum atomic E-state index is 0.739. The van der Waals surface area contributed by atoms with Crippen molar-refractivity contribution in [3.63, 3.8) is 0 Å². The average Bonchev–Trinajstić information content (AvgIpc) is 2.54. The Balaban J connectivity index is 2.02. The zero-order valence-corrected chi connectivity index (χ0v) is 11.0. The molecule has 16 heavy (non-hydrogen) atoms. The van der Waals surface area contributed by atoms with E-state index in [2.05, 4.69) is 24.2 Å². The van der Waals surface area contributed by atoms with Crippen LogP contribution in [-0.2, 0) is 0 Å². The number of hydrogen-bond acceptors (Lipinski definition) is 2. The molecule has 1 heterocycles. The van der Waals surface area contributed by atoms with E-state index in [9.17, 15) is 0 Å². The molecule has 0 aromatic carbocycles. The van der Waals surface area contributed by atoms with Gasteiger partial charge in [0.05, 0.1) is 0 Å². The van der Waals surface area contributed by atoms with Gasteiger partial charge in [0.1, 0.15) is 0 Å². The van der Waals surface area contributed by atoms with Crippen LogP contribution in [0.3, 0.4) is 0 Å². The van der Waals surface area contributed by atoms with Crippen LogP contribution in [0.4, 0.5) is 0 Å². The Morgan fingerprint density at radius 1 is 0.938 bits per heavy atom. The molecule has 2 rings (SSSR count). The number of nitrogens with one attached hydrogen (secondary N) is 1. The monoisotopic (exact) mass is 224 g/mol. The van der Waals surface area contributed by atoms with Crippen LogP contribution in [0, 0.1) is 0 Å². The predicted octanol–water partition coefficient (Wildman–Crippen LogP) is 2.78. The number of rotatable bonds is 2. The molecule has 2 fully saturated rings. The number of hydrogen-bond donors (Lipinski definition) is 1. The van der Waals surface area contributed by atoms with Gasteiger partial charge in [-0.1, -0.05) is 25.7 Å². The molecule has 2 heteroatoms. The quantitative estimate of drug-likeness (QED) is 0.726. The van der Waals surface area contributed by atoms with E-state index < -0.39 is 0 Å². The Morgan fingerprint density at radius 2 is 1.69 bits per heavy atom. The lowest BCUT2D eigenvalue weighted by atomic mass is 9.95. The Hall–Kier alpha value is -0.0800. The van der Waals surface area contributed by atoms with Crippen LogP contribution in [0.15, 0.2) is 0 Å². The maximum atomic E-state index is 3.57. The summed E-state index contributed by atoms with van der Waals surface area (Å²) in [5.74, 6) is 0. The first-order chi connectivity index (χ1) is 7.83. The van der Waals surface area contributed by atoms with Crippen molar-refractivity contribution in [3.05, 3.63) is 0 Å². The van der Waals surface area contributed by atoms with E-state index in [-0.39, 0.29) is 0 Å². The highest BCUT2D eigenvalue weighted by molar-refractivity contribution is 4.89. The summed E-state index contributed by atoms with van der Waals surface area (Å²) in [4.78, 5) is 2.80. The third kappa shape index (κ3) is 2.78. The predicted molar refractivity (Wildman–Crippen MR) is 69.7 cm³/mol. The fourth-order valence-corrected chi connectivity index (χ4v) is 3.63. The molecule has 3 unspecified atom stereocenters. The molecule has 3 atom stereocenters. The number of piperidine rings is 1. The molecular weight excluding hydrogens is 196 g/mol. The standard InChI is InChI=1S/C14H28N2/c1-12-8-6-7-11-16(12)14-10-5-3-4-9-13(14)15-2/h12-15H,3-11H2,1-2H3. The van der Waals surface area contributed by atoms with Crippen LogP contribution in [-0.4, -0.2) is 36.6 Å². The van der Waals surface area contributed by atoms with Gasteiger partial charge >= 0.3 is 0 Å². The molecule has 0 radical (unpaired) electrons. The summed E-state index contributed by atoms with van der Waals surface area (Å²) < 4.78 is 0. The summed E-state index contributed by atoms with van der Waals surface area (Å²) in [6.45, 7) is 3.76. The average molecular weight is 224 g/mol. The molecule has 1 aliphatic carbocycles. The zero-order valence-electron chi connectivity index (χ0n) is 11.0. The highest BCUT2D eigenvalue weighted by Crippen LogP contribution is 2.27. The molecular formula is C14H28N2. The van der Waals surface area contributed by atoms with Crippen LogP contribution in [0.25, 0.3) is 0 Å². The first-order valence-electron chi connectivity index (χ1n) is 7.26. The van der Waals surface area contributed by atoms with E-state index >= 15 is 0 Å². The first kappa shape index (κ1) is 12.4. The van der Waals surface area contributed by atoms with Gasteiger partial charge in [-0.3, -0.25) is 4.90 Å². The molecule has 0 bridgehead atoms. The van der Waals surface area contributed by atoms with E-state index in [1.165, 1.54) is 57.9 Å². The van der Waals surface area contributed by atoms with Crippen molar-refractivity contribution >= 4 is 0 Å². The Labute approximate surface area is 101 Å². The largest absolute Gasteiger partial charge is 0.315 e. The molecule has 1 N–H and O–H groups in total. The molecule has 2 aliphatic rings. The smallest absolute Gasteiger partial charge is 0.0252 e. The zero-order chi connectivity index (χ0) is 11.4. The van der Waals surface area contributed by atoms with E-state index in [0.717, 1.165) is 18.1 Å². The third-order valence-corrected chi connectivity index (χ3v) is 4.63. The molecule has 1 aliphatic heterocycles. The van der Waals surface area contributed by atoms with E-state index in [1.54, 1.807) is 0 Å². The summed E-state index contributed by atoms with van der Waals surface area (Å²) in [5.41, 5.74) is 0. The van der Waals surface area contributed by atoms with Crippen molar-refractivity contribution in [1.82, 2.24) is 10.2 Å². The van der Waals surface area contributed by atoms with Crippen LogP contribution in [0.2, 0.25) is 0 Å². The molecule has 0 spiro atoms. The second kappa shape index (κ2) is 6.02. The first-order valence-corrected chi connectivity index (χ1v) is 7.26. The van der Waals surface area contributed by atoms with Gasteiger partial charge in [0.2, 0.25) is 0 Å². The van der Waals surface area contributed by atoms with Crippen molar-refractivity contribution in [2.75, 3.05) is 13.6 Å². The lowest BCUT2D eigenvalue weighted by Gasteiger charge is -2.42. The molecule has 0 aromatic rings. The lowest BCUT2D eigenvalue weighted by molar-refractivity contribution is 0.0782. The number of likely N-dealkylation sites (N-methyl/N-ethyl adjacent to an activating group) is 1. The van der Waals surface area contributed by atoms with Gasteiger partial charge in [0.25, 0.3) is 0 Å². The number of likely N-dealkylation sites (tertiary alicyclic amines) is 1. The normalized spacial score (nSPS) is 38.2. The fraction of sp³-hybridized carbons (Fsp3) is 1.00. The molecule has 0 aromatic heterocycles. The Morgan fingerprint density at radius 3 is 2.44 bits per heavy atom. The van der Waals surface area contributed by atoms with Gasteiger partial charge < -0.3 is 5.32 Å². The van der Waals surface area contributed by atoms with E-state index in [0.29, 0.717) is 0 Å². The van der Waals surface area contributed by atoms with Crippen LogP contribution >= 0.6 is 0 Å². The highest BCUT2D eigenvalue weighted by atomic mass is 15.2. The topological polar surface area (TPSA) is 15.3 Å². The van der Waals surface area contributed by atoms with Crippen molar-refractivity contribution < 1.29 is 0 Å². The maximum absolute atomic E-state index is 3.57. The minimum absolute atomic E-state index is 0.739. The number of nitrogens with zero attached hydrogens (tertiary/aromatic N) is 1. The third-order valence-electron chi connectivity index (χ3n) is 4.63. The molecule has 1 saturated carbocycles. The Kier molecular flexibility index (Phi) is 4.66. The summed E-state index contributed by atoms with van der Waals surface area (Å²) in [6, 6.07) is 2.36. The van der Waals surface area contributed by atoms with Gasteiger partial charge in [-0.15, -0.1) is 0 Å². The second-order valence-corrected chi connectivity index (χ2v) is 5.68. The molecule has 0 amide bonds. The summed E-state index contributed by atoms with van der Waals surface area (Å²) in [7, 11) is 2.15. The molecule has 94 valence electrons. The highest BCUT2D eigenvalue weighted by Gasteiger charge is 2.31. The van der Waals surface area contributed by atoms with Crippen molar-refractivity contribution in [2.45, 2.75) is 76.4 Å². The van der Waals surface area contributed by atoms with E-state index in [1.807, 2.05) is 0 Å². The maximum Gasteiger partial charge on any atom is 0.0252 e. The Bertz CT molecular complexity index is 205. The van der Waals surface area contributed by atoms with Gasteiger partial charge in [0.15, 0.2) is 0 Å².